The van der Waals surface area contributed by atoms with Crippen LogP contribution < -0.4 is 26.0 Å². The highest BCUT2D eigenvalue weighted by molar-refractivity contribution is 5.93. The summed E-state index contributed by atoms with van der Waals surface area (Å²) in [6.45, 7) is 6.99. The van der Waals surface area contributed by atoms with Crippen LogP contribution in [0.1, 0.15) is 51.2 Å². The zero-order valence-corrected chi connectivity index (χ0v) is 24.3. The minimum absolute atomic E-state index is 0.153. The fourth-order valence-corrected chi connectivity index (χ4v) is 5.14. The molecule has 2 aromatic rings. The van der Waals surface area contributed by atoms with Crippen molar-refractivity contribution in [2.45, 2.75) is 71.0 Å². The van der Waals surface area contributed by atoms with Crippen LogP contribution >= 0.6 is 0 Å². The molecule has 0 spiro atoms. The molecule has 1 aliphatic heterocycles. The normalized spacial score (nSPS) is 25.1. The lowest BCUT2D eigenvalue weighted by atomic mass is 9.99. The van der Waals surface area contributed by atoms with E-state index in [0.29, 0.717) is 44.9 Å². The van der Waals surface area contributed by atoms with Crippen LogP contribution in [0.2, 0.25) is 0 Å². The molecule has 0 radical (unpaired) electrons. The van der Waals surface area contributed by atoms with Crippen molar-refractivity contribution >= 4 is 17.7 Å². The zero-order valence-electron chi connectivity index (χ0n) is 24.3. The molecule has 1 heterocycles. The third-order valence-corrected chi connectivity index (χ3v) is 7.73. The number of carbonyl (C=O) groups is 3. The highest BCUT2D eigenvalue weighted by atomic mass is 19.1. The van der Waals surface area contributed by atoms with Crippen LogP contribution in [0.25, 0.3) is 0 Å². The van der Waals surface area contributed by atoms with E-state index >= 15 is 0 Å². The van der Waals surface area contributed by atoms with Crippen molar-refractivity contribution in [2.24, 2.45) is 17.8 Å². The average molecular weight is 567 g/mol. The molecular formula is C32H43FN4O4. The number of para-hydroxylation sites is 1. The van der Waals surface area contributed by atoms with Crippen molar-refractivity contribution in [1.29, 1.82) is 0 Å². The number of fused-ring (bicyclic) bond motifs is 1. The van der Waals surface area contributed by atoms with Crippen molar-refractivity contribution in [1.82, 2.24) is 21.3 Å². The SMILES string of the molecule is CC(C)[C@H]1NC(=O)[C@@H](Cc2ccc(F)cc2)NCCOc2ccccc2C[C@H](C)CNC(=O)[C@H](CC2CC2)NC1=O. The molecule has 2 aromatic carbocycles. The number of nitrogens with one attached hydrogen (secondary N) is 4. The van der Waals surface area contributed by atoms with Gasteiger partial charge in [-0.3, -0.25) is 14.4 Å². The molecule has 222 valence electrons. The maximum atomic E-state index is 13.6. The third-order valence-electron chi connectivity index (χ3n) is 7.73. The van der Waals surface area contributed by atoms with Gasteiger partial charge in [0.05, 0.1) is 6.04 Å². The Kier molecular flexibility index (Phi) is 10.7. The summed E-state index contributed by atoms with van der Waals surface area (Å²) in [4.78, 5) is 40.3. The number of carbonyl (C=O) groups excluding carboxylic acids is 3. The summed E-state index contributed by atoms with van der Waals surface area (Å²) >= 11 is 0. The monoisotopic (exact) mass is 566 g/mol. The molecule has 3 amide bonds. The maximum absolute atomic E-state index is 13.6. The van der Waals surface area contributed by atoms with E-state index in [-0.39, 0.29) is 35.4 Å². The minimum Gasteiger partial charge on any atom is -0.492 e. The molecule has 1 saturated carbocycles. The van der Waals surface area contributed by atoms with Crippen molar-refractivity contribution < 1.29 is 23.5 Å². The van der Waals surface area contributed by atoms with Gasteiger partial charge in [-0.15, -0.1) is 0 Å². The standard InChI is InChI=1S/C32H43FN4O4/c1-20(2)29-32(40)36-27(18-22-8-9-22)30(38)35-19-21(3)16-24-6-4-5-7-28(24)41-15-14-34-26(31(39)37-29)17-23-10-12-25(33)13-11-23/h4-7,10-13,20-22,26-27,29,34H,8-9,14-19H2,1-3H3,(H,35,38)(H,36,40)(H,37,39)/t21-,26+,27-,29+/m0/s1. The fourth-order valence-electron chi connectivity index (χ4n) is 5.14. The topological polar surface area (TPSA) is 109 Å². The lowest BCUT2D eigenvalue weighted by Crippen LogP contribution is -2.58. The van der Waals surface area contributed by atoms with E-state index in [9.17, 15) is 18.8 Å². The van der Waals surface area contributed by atoms with Crippen LogP contribution in [0, 0.1) is 23.6 Å². The highest BCUT2D eigenvalue weighted by Gasteiger charge is 2.34. The van der Waals surface area contributed by atoms with Gasteiger partial charge >= 0.3 is 0 Å². The van der Waals surface area contributed by atoms with Crippen LogP contribution in [0.15, 0.2) is 48.5 Å². The van der Waals surface area contributed by atoms with E-state index in [2.05, 4.69) is 28.2 Å². The first-order chi connectivity index (χ1) is 19.7. The van der Waals surface area contributed by atoms with Crippen molar-refractivity contribution in [3.05, 3.63) is 65.5 Å². The second-order valence-electron chi connectivity index (χ2n) is 11.8. The van der Waals surface area contributed by atoms with Gasteiger partial charge in [0.2, 0.25) is 17.7 Å². The van der Waals surface area contributed by atoms with E-state index in [0.717, 1.165) is 29.7 Å². The van der Waals surface area contributed by atoms with Gasteiger partial charge in [0.1, 0.15) is 30.3 Å². The Morgan fingerprint density at radius 1 is 0.927 bits per heavy atom. The van der Waals surface area contributed by atoms with Crippen LogP contribution in [-0.2, 0) is 27.2 Å². The van der Waals surface area contributed by atoms with Gasteiger partial charge in [-0.05, 0) is 66.3 Å². The van der Waals surface area contributed by atoms with Crippen LogP contribution in [0.3, 0.4) is 0 Å². The molecule has 4 N–H and O–H groups in total. The molecule has 0 bridgehead atoms. The number of amides is 3. The van der Waals surface area contributed by atoms with E-state index in [1.54, 1.807) is 12.1 Å². The second kappa shape index (κ2) is 14.4. The van der Waals surface area contributed by atoms with Crippen LogP contribution in [-0.4, -0.2) is 55.5 Å². The highest BCUT2D eigenvalue weighted by Crippen LogP contribution is 2.33. The molecule has 41 heavy (non-hydrogen) atoms. The molecule has 0 aromatic heterocycles. The molecule has 4 atom stereocenters. The number of hydrogen-bond acceptors (Lipinski definition) is 5. The summed E-state index contributed by atoms with van der Waals surface area (Å²) in [5, 5.41) is 12.2. The molecule has 2 aliphatic rings. The van der Waals surface area contributed by atoms with Crippen molar-refractivity contribution in [3.8, 4) is 5.75 Å². The number of ether oxygens (including phenoxy) is 1. The van der Waals surface area contributed by atoms with Crippen molar-refractivity contribution in [3.63, 3.8) is 0 Å². The molecule has 0 unspecified atom stereocenters. The summed E-state index contributed by atoms with van der Waals surface area (Å²) in [5.41, 5.74) is 1.83. The quantitative estimate of drug-likeness (QED) is 0.445. The van der Waals surface area contributed by atoms with Crippen LogP contribution in [0.5, 0.6) is 5.75 Å². The predicted octanol–water partition coefficient (Wildman–Crippen LogP) is 3.14. The Hall–Kier alpha value is -3.46. The molecule has 9 heteroatoms. The third kappa shape index (κ3) is 9.28. The summed E-state index contributed by atoms with van der Waals surface area (Å²) in [6, 6.07) is 11.7. The summed E-state index contributed by atoms with van der Waals surface area (Å²) in [5.74, 6) is -0.135. The van der Waals surface area contributed by atoms with Gasteiger partial charge < -0.3 is 26.0 Å². The minimum atomic E-state index is -0.824. The molecule has 4 rings (SSSR count). The Morgan fingerprint density at radius 3 is 2.37 bits per heavy atom. The van der Waals surface area contributed by atoms with E-state index < -0.39 is 18.1 Å². The lowest BCUT2D eigenvalue weighted by Gasteiger charge is -2.28. The Balaban J connectivity index is 1.58. The second-order valence-corrected chi connectivity index (χ2v) is 11.8. The predicted molar refractivity (Wildman–Crippen MR) is 156 cm³/mol. The van der Waals surface area contributed by atoms with Crippen molar-refractivity contribution in [2.75, 3.05) is 19.7 Å². The molecule has 0 saturated heterocycles. The van der Waals surface area contributed by atoms with Gasteiger partial charge in [-0.1, -0.05) is 63.9 Å². The van der Waals surface area contributed by atoms with E-state index in [4.69, 9.17) is 4.74 Å². The van der Waals surface area contributed by atoms with Gasteiger partial charge in [0, 0.05) is 13.1 Å². The first kappa shape index (κ1) is 30.5. The molecule has 8 nitrogen and oxygen atoms in total. The summed E-state index contributed by atoms with van der Waals surface area (Å²) in [6.07, 6.45) is 3.70. The summed E-state index contributed by atoms with van der Waals surface area (Å²) < 4.78 is 19.6. The lowest BCUT2D eigenvalue weighted by molar-refractivity contribution is -0.133. The molecule has 1 fully saturated rings. The fraction of sp³-hybridized carbons (Fsp3) is 0.531. The number of benzene rings is 2. The maximum Gasteiger partial charge on any atom is 0.243 e. The zero-order chi connectivity index (χ0) is 29.4. The Morgan fingerprint density at radius 2 is 1.66 bits per heavy atom. The Bertz CT molecular complexity index is 1180. The largest absolute Gasteiger partial charge is 0.492 e. The van der Waals surface area contributed by atoms with Crippen LogP contribution in [0.4, 0.5) is 4.39 Å². The number of hydrogen-bond donors (Lipinski definition) is 4. The van der Waals surface area contributed by atoms with Gasteiger partial charge in [-0.2, -0.15) is 0 Å². The molecular weight excluding hydrogens is 523 g/mol. The first-order valence-corrected chi connectivity index (χ1v) is 14.8. The number of rotatable bonds is 5. The molecule has 1 aliphatic carbocycles. The van der Waals surface area contributed by atoms with Gasteiger partial charge in [-0.25, -0.2) is 4.39 Å². The average Bonchev–Trinajstić information content (AvgIpc) is 3.77. The van der Waals surface area contributed by atoms with E-state index in [1.807, 2.05) is 38.1 Å². The van der Waals surface area contributed by atoms with E-state index in [1.165, 1.54) is 12.1 Å². The smallest absolute Gasteiger partial charge is 0.243 e. The first-order valence-electron chi connectivity index (χ1n) is 14.8. The van der Waals surface area contributed by atoms with Gasteiger partial charge in [0.25, 0.3) is 0 Å². The number of halogens is 1. The van der Waals surface area contributed by atoms with Gasteiger partial charge in [0.15, 0.2) is 0 Å². The Labute approximate surface area is 242 Å². The summed E-state index contributed by atoms with van der Waals surface area (Å²) in [7, 11) is 0.